The quantitative estimate of drug-likeness (QED) is 0.738. The number of aromatic nitrogens is 2. The van der Waals surface area contributed by atoms with E-state index in [1.165, 1.54) is 11.3 Å². The van der Waals surface area contributed by atoms with Gasteiger partial charge in [-0.1, -0.05) is 6.07 Å². The number of rotatable bonds is 1. The molecule has 3 aromatic rings. The van der Waals surface area contributed by atoms with Gasteiger partial charge in [0, 0.05) is 12.1 Å². The molecule has 0 radical (unpaired) electrons. The topological polar surface area (TPSA) is 64.2 Å². The van der Waals surface area contributed by atoms with E-state index >= 15 is 0 Å². The molecule has 0 saturated heterocycles. The van der Waals surface area contributed by atoms with Crippen LogP contribution in [0.1, 0.15) is 0 Å². The van der Waals surface area contributed by atoms with Crippen LogP contribution in [0.2, 0.25) is 0 Å². The molecule has 0 fully saturated rings. The lowest BCUT2D eigenvalue weighted by Crippen LogP contribution is -2.10. The number of fused-ring (bicyclic) bond motifs is 2. The third-order valence-corrected chi connectivity index (χ3v) is 3.82. The first-order chi connectivity index (χ1) is 9.31. The summed E-state index contributed by atoms with van der Waals surface area (Å²) in [5.41, 5.74) is 1.57. The first-order valence-electron chi connectivity index (χ1n) is 5.69. The molecule has 94 valence electrons. The number of H-pyrrole nitrogens is 1. The summed E-state index contributed by atoms with van der Waals surface area (Å²) in [6.45, 7) is 0.202. The fraction of sp³-hybridized carbons (Fsp3) is 0.0769. The third-order valence-electron chi connectivity index (χ3n) is 2.94. The zero-order valence-corrected chi connectivity index (χ0v) is 10.5. The molecule has 0 saturated carbocycles. The average molecular weight is 272 g/mol. The van der Waals surface area contributed by atoms with Crippen molar-refractivity contribution in [3.05, 3.63) is 40.0 Å². The van der Waals surface area contributed by atoms with Crippen molar-refractivity contribution in [2.24, 2.45) is 0 Å². The molecule has 3 heterocycles. The zero-order chi connectivity index (χ0) is 12.8. The highest BCUT2D eigenvalue weighted by atomic mass is 32.1. The highest BCUT2D eigenvalue weighted by molar-refractivity contribution is 7.13. The maximum Gasteiger partial charge on any atom is 0.275 e. The Labute approximate surface area is 111 Å². The molecule has 1 N–H and O–H groups in total. The molecule has 1 aromatic carbocycles. The van der Waals surface area contributed by atoms with Crippen molar-refractivity contribution in [1.82, 2.24) is 9.97 Å². The smallest absolute Gasteiger partial charge is 0.275 e. The van der Waals surface area contributed by atoms with Gasteiger partial charge in [0.1, 0.15) is 5.69 Å². The molecule has 0 aliphatic carbocycles. The Kier molecular flexibility index (Phi) is 2.13. The molecule has 4 rings (SSSR count). The maximum atomic E-state index is 12.0. The molecule has 1 aliphatic rings. The third kappa shape index (κ3) is 1.61. The number of aromatic amines is 1. The molecule has 0 atom stereocenters. The number of benzene rings is 1. The second kappa shape index (κ2) is 3.83. The van der Waals surface area contributed by atoms with Crippen molar-refractivity contribution >= 4 is 22.4 Å². The minimum atomic E-state index is -0.200. The van der Waals surface area contributed by atoms with Gasteiger partial charge in [-0.3, -0.25) is 4.79 Å². The Morgan fingerprint density at radius 1 is 1.26 bits per heavy atom. The van der Waals surface area contributed by atoms with Crippen molar-refractivity contribution in [2.45, 2.75) is 0 Å². The molecule has 0 unspecified atom stereocenters. The van der Waals surface area contributed by atoms with Gasteiger partial charge in [0.2, 0.25) is 6.79 Å². The minimum Gasteiger partial charge on any atom is -0.454 e. The van der Waals surface area contributed by atoms with E-state index in [-0.39, 0.29) is 12.4 Å². The second-order valence-corrected chi connectivity index (χ2v) is 5.06. The lowest BCUT2D eigenvalue weighted by molar-refractivity contribution is 0.174. The number of nitrogens with zero attached hydrogens (tertiary/aromatic N) is 1. The Hall–Kier alpha value is -2.34. The first kappa shape index (κ1) is 10.6. The van der Waals surface area contributed by atoms with E-state index in [0.29, 0.717) is 28.2 Å². The molecule has 2 aromatic heterocycles. The Balaban J connectivity index is 2.01. The van der Waals surface area contributed by atoms with E-state index in [1.54, 1.807) is 12.1 Å². The summed E-state index contributed by atoms with van der Waals surface area (Å²) in [6, 6.07) is 7.29. The van der Waals surface area contributed by atoms with Crippen LogP contribution in [0.3, 0.4) is 0 Å². The Bertz CT molecular complexity index is 824. The summed E-state index contributed by atoms with van der Waals surface area (Å²) >= 11 is 1.49. The number of thiophene rings is 1. The van der Waals surface area contributed by atoms with Gasteiger partial charge >= 0.3 is 0 Å². The van der Waals surface area contributed by atoms with Crippen molar-refractivity contribution in [3.63, 3.8) is 0 Å². The largest absolute Gasteiger partial charge is 0.454 e. The van der Waals surface area contributed by atoms with Crippen molar-refractivity contribution in [2.75, 3.05) is 6.79 Å². The summed E-state index contributed by atoms with van der Waals surface area (Å²) in [4.78, 5) is 20.2. The lowest BCUT2D eigenvalue weighted by atomic mass is 10.2. The van der Waals surface area contributed by atoms with Crippen LogP contribution in [0, 0.1) is 0 Å². The van der Waals surface area contributed by atoms with Gasteiger partial charge in [0.25, 0.3) is 5.56 Å². The number of nitrogens with one attached hydrogen (secondary N) is 1. The van der Waals surface area contributed by atoms with E-state index in [0.717, 1.165) is 4.88 Å². The van der Waals surface area contributed by atoms with E-state index in [9.17, 15) is 4.79 Å². The van der Waals surface area contributed by atoms with Crippen molar-refractivity contribution < 1.29 is 9.47 Å². The SMILES string of the molecule is O=c1[nH]c2cc3c(cc2nc1-c1cccs1)OCO3. The van der Waals surface area contributed by atoms with Crippen molar-refractivity contribution in [3.8, 4) is 22.1 Å². The van der Waals surface area contributed by atoms with E-state index in [1.807, 2.05) is 17.5 Å². The van der Waals surface area contributed by atoms with Gasteiger partial charge in [-0.2, -0.15) is 0 Å². The summed E-state index contributed by atoms with van der Waals surface area (Å²) < 4.78 is 10.6. The minimum absolute atomic E-state index is 0.200. The average Bonchev–Trinajstić information content (AvgIpc) is 3.06. The highest BCUT2D eigenvalue weighted by Gasteiger charge is 2.16. The molecular formula is C13H8N2O3S. The van der Waals surface area contributed by atoms with E-state index in [4.69, 9.17) is 9.47 Å². The first-order valence-corrected chi connectivity index (χ1v) is 6.57. The van der Waals surface area contributed by atoms with Crippen LogP contribution in [0.15, 0.2) is 34.4 Å². The number of hydrogen-bond donors (Lipinski definition) is 1. The zero-order valence-electron chi connectivity index (χ0n) is 9.67. The number of ether oxygens (including phenoxy) is 2. The summed E-state index contributed by atoms with van der Waals surface area (Å²) in [6.07, 6.45) is 0. The van der Waals surface area contributed by atoms with Gasteiger partial charge in [-0.15, -0.1) is 11.3 Å². The van der Waals surface area contributed by atoms with Crippen LogP contribution in [0.4, 0.5) is 0 Å². The van der Waals surface area contributed by atoms with Gasteiger partial charge in [0.15, 0.2) is 11.5 Å². The van der Waals surface area contributed by atoms with E-state index in [2.05, 4.69) is 9.97 Å². The summed E-state index contributed by atoms with van der Waals surface area (Å²) in [5, 5.41) is 1.92. The fourth-order valence-electron chi connectivity index (χ4n) is 2.06. The van der Waals surface area contributed by atoms with Crippen LogP contribution in [0.25, 0.3) is 21.6 Å². The molecule has 0 spiro atoms. The van der Waals surface area contributed by atoms with E-state index < -0.39 is 0 Å². The lowest BCUT2D eigenvalue weighted by Gasteiger charge is -2.02. The highest BCUT2D eigenvalue weighted by Crippen LogP contribution is 2.35. The molecule has 0 bridgehead atoms. The van der Waals surface area contributed by atoms with Gasteiger partial charge < -0.3 is 14.5 Å². The predicted octanol–water partition coefficient (Wildman–Crippen LogP) is 2.38. The predicted molar refractivity (Wildman–Crippen MR) is 71.8 cm³/mol. The number of hydrogen-bond acceptors (Lipinski definition) is 5. The molecular weight excluding hydrogens is 264 g/mol. The van der Waals surface area contributed by atoms with Gasteiger partial charge in [-0.25, -0.2) is 4.98 Å². The molecule has 5 nitrogen and oxygen atoms in total. The Morgan fingerprint density at radius 3 is 2.89 bits per heavy atom. The van der Waals surface area contributed by atoms with Gasteiger partial charge in [-0.05, 0) is 11.4 Å². The van der Waals surface area contributed by atoms with Crippen LogP contribution < -0.4 is 15.0 Å². The summed E-state index contributed by atoms with van der Waals surface area (Å²) in [5.74, 6) is 1.29. The molecule has 6 heteroatoms. The summed E-state index contributed by atoms with van der Waals surface area (Å²) in [7, 11) is 0. The maximum absolute atomic E-state index is 12.0. The van der Waals surface area contributed by atoms with Crippen LogP contribution in [-0.4, -0.2) is 16.8 Å². The van der Waals surface area contributed by atoms with Crippen LogP contribution >= 0.6 is 11.3 Å². The Morgan fingerprint density at radius 2 is 2.11 bits per heavy atom. The molecule has 1 aliphatic heterocycles. The molecule has 19 heavy (non-hydrogen) atoms. The monoisotopic (exact) mass is 272 g/mol. The van der Waals surface area contributed by atoms with Gasteiger partial charge in [0.05, 0.1) is 15.9 Å². The van der Waals surface area contributed by atoms with Crippen LogP contribution in [-0.2, 0) is 0 Å². The second-order valence-electron chi connectivity index (χ2n) is 4.11. The molecule has 0 amide bonds. The normalized spacial score (nSPS) is 13.1. The fourth-order valence-corrected chi connectivity index (χ4v) is 2.77. The standard InChI is InChI=1S/C13H8N2O3S/c16-13-12(11-2-1-3-19-11)14-7-4-9-10(18-6-17-9)5-8(7)15-13/h1-5H,6H2,(H,15,16). The van der Waals surface area contributed by atoms with Crippen LogP contribution in [0.5, 0.6) is 11.5 Å². The van der Waals surface area contributed by atoms with Crippen molar-refractivity contribution in [1.29, 1.82) is 0 Å².